The van der Waals surface area contributed by atoms with Crippen LogP contribution < -0.4 is 4.74 Å². The first kappa shape index (κ1) is 14.1. The molecule has 0 aromatic heterocycles. The highest BCUT2D eigenvalue weighted by Crippen LogP contribution is 2.35. The van der Waals surface area contributed by atoms with Crippen LogP contribution in [0.1, 0.15) is 21.5 Å². The molecule has 0 aliphatic rings. The van der Waals surface area contributed by atoms with E-state index < -0.39 is 17.3 Å². The summed E-state index contributed by atoms with van der Waals surface area (Å²) in [6, 6.07) is 10.2. The van der Waals surface area contributed by atoms with Crippen LogP contribution in [-0.2, 0) is 6.18 Å². The number of halogens is 3. The van der Waals surface area contributed by atoms with E-state index in [4.69, 9.17) is 4.74 Å². The molecule has 0 unspecified atom stereocenters. The maximum absolute atomic E-state index is 12.8. The topological polar surface area (TPSA) is 26.3 Å². The van der Waals surface area contributed by atoms with Gasteiger partial charge in [0.2, 0.25) is 0 Å². The minimum absolute atomic E-state index is 0.0357. The van der Waals surface area contributed by atoms with Crippen molar-refractivity contribution in [2.45, 2.75) is 13.1 Å². The molecule has 0 radical (unpaired) electrons. The lowest BCUT2D eigenvalue weighted by molar-refractivity contribution is -0.137. The van der Waals surface area contributed by atoms with E-state index in [9.17, 15) is 18.0 Å². The Morgan fingerprint density at radius 3 is 2.35 bits per heavy atom. The Morgan fingerprint density at radius 2 is 1.75 bits per heavy atom. The number of aryl methyl sites for hydroxylation is 1. The third-order valence-electron chi connectivity index (χ3n) is 2.68. The first-order valence-electron chi connectivity index (χ1n) is 5.81. The van der Waals surface area contributed by atoms with Crippen molar-refractivity contribution in [3.05, 3.63) is 59.2 Å². The van der Waals surface area contributed by atoms with Crippen LogP contribution in [0.2, 0.25) is 0 Å². The molecule has 0 saturated carbocycles. The number of ether oxygens (including phenoxy) is 1. The van der Waals surface area contributed by atoms with Crippen LogP contribution in [0.15, 0.2) is 42.5 Å². The number of carbonyl (C=O) groups excluding carboxylic acids is 1. The molecule has 0 fully saturated rings. The van der Waals surface area contributed by atoms with Gasteiger partial charge in [-0.1, -0.05) is 12.1 Å². The number of hydrogen-bond acceptors (Lipinski definition) is 2. The zero-order valence-electron chi connectivity index (χ0n) is 10.6. The molecule has 2 aromatic rings. The highest BCUT2D eigenvalue weighted by molar-refractivity contribution is 5.78. The van der Waals surface area contributed by atoms with Gasteiger partial charge in [0.05, 0.1) is 5.56 Å². The van der Waals surface area contributed by atoms with Gasteiger partial charge in [0.15, 0.2) is 6.29 Å². The highest BCUT2D eigenvalue weighted by atomic mass is 19.4. The van der Waals surface area contributed by atoms with Gasteiger partial charge < -0.3 is 4.74 Å². The summed E-state index contributed by atoms with van der Waals surface area (Å²) in [6.45, 7) is 1.85. The molecule has 0 saturated heterocycles. The van der Waals surface area contributed by atoms with Crippen LogP contribution in [0.5, 0.6) is 11.5 Å². The molecule has 0 aliphatic heterocycles. The van der Waals surface area contributed by atoms with Crippen LogP contribution in [0, 0.1) is 6.92 Å². The standard InChI is InChI=1S/C15H11F3O2/c1-10-3-2-4-12(7-10)20-13-6-5-11(9-19)14(8-13)15(16,17)18/h2-9H,1H3. The molecule has 0 amide bonds. The summed E-state index contributed by atoms with van der Waals surface area (Å²) in [5.41, 5.74) is -0.477. The zero-order valence-corrected chi connectivity index (χ0v) is 10.6. The molecule has 2 nitrogen and oxygen atoms in total. The lowest BCUT2D eigenvalue weighted by Gasteiger charge is -2.12. The van der Waals surface area contributed by atoms with E-state index in [1.165, 1.54) is 6.07 Å². The molecular weight excluding hydrogens is 269 g/mol. The van der Waals surface area contributed by atoms with Gasteiger partial charge in [-0.15, -0.1) is 0 Å². The van der Waals surface area contributed by atoms with Crippen molar-refractivity contribution in [3.63, 3.8) is 0 Å². The maximum Gasteiger partial charge on any atom is 0.417 e. The van der Waals surface area contributed by atoms with Crippen LogP contribution in [0.25, 0.3) is 0 Å². The van der Waals surface area contributed by atoms with E-state index in [1.807, 2.05) is 13.0 Å². The first-order chi connectivity index (χ1) is 9.40. The Hall–Kier alpha value is -2.30. The Balaban J connectivity index is 2.37. The van der Waals surface area contributed by atoms with Gasteiger partial charge in [-0.3, -0.25) is 4.79 Å². The predicted octanol–water partition coefficient (Wildman–Crippen LogP) is 4.62. The molecular formula is C15H11F3O2. The number of alkyl halides is 3. The summed E-state index contributed by atoms with van der Waals surface area (Å²) in [5, 5.41) is 0. The summed E-state index contributed by atoms with van der Waals surface area (Å²) >= 11 is 0. The van der Waals surface area contributed by atoms with Gasteiger partial charge in [0, 0.05) is 5.56 Å². The molecule has 0 atom stereocenters. The van der Waals surface area contributed by atoms with Gasteiger partial charge in [-0.2, -0.15) is 13.2 Å². The number of hydrogen-bond donors (Lipinski definition) is 0. The fraction of sp³-hybridized carbons (Fsp3) is 0.133. The van der Waals surface area contributed by atoms with Crippen molar-refractivity contribution in [3.8, 4) is 11.5 Å². The summed E-state index contributed by atoms with van der Waals surface area (Å²) in [5.74, 6) is 0.477. The summed E-state index contributed by atoms with van der Waals surface area (Å²) in [4.78, 5) is 10.6. The van der Waals surface area contributed by atoms with Crippen molar-refractivity contribution in [2.75, 3.05) is 0 Å². The lowest BCUT2D eigenvalue weighted by Crippen LogP contribution is -2.09. The third kappa shape index (κ3) is 3.17. The van der Waals surface area contributed by atoms with Gasteiger partial charge in [0.25, 0.3) is 0 Å². The van der Waals surface area contributed by atoms with E-state index in [2.05, 4.69) is 0 Å². The van der Waals surface area contributed by atoms with Crippen molar-refractivity contribution >= 4 is 6.29 Å². The predicted molar refractivity (Wildman–Crippen MR) is 68.1 cm³/mol. The molecule has 0 bridgehead atoms. The minimum atomic E-state index is -4.60. The Morgan fingerprint density at radius 1 is 1.05 bits per heavy atom. The Kier molecular flexibility index (Phi) is 3.79. The molecule has 5 heteroatoms. The molecule has 2 rings (SSSR count). The first-order valence-corrected chi connectivity index (χ1v) is 5.81. The summed E-state index contributed by atoms with van der Waals surface area (Å²) < 4.78 is 43.8. The average Bonchev–Trinajstić information content (AvgIpc) is 2.37. The SMILES string of the molecule is Cc1cccc(Oc2ccc(C=O)c(C(F)(F)F)c2)c1. The molecule has 0 aliphatic carbocycles. The van der Waals surface area contributed by atoms with Crippen LogP contribution >= 0.6 is 0 Å². The monoisotopic (exact) mass is 280 g/mol. The Bertz CT molecular complexity index is 633. The summed E-state index contributed by atoms with van der Waals surface area (Å²) in [6.07, 6.45) is -4.42. The number of aldehydes is 1. The van der Waals surface area contributed by atoms with Crippen LogP contribution in [0.4, 0.5) is 13.2 Å². The molecule has 2 aromatic carbocycles. The van der Waals surface area contributed by atoms with E-state index >= 15 is 0 Å². The van der Waals surface area contributed by atoms with Crippen LogP contribution in [-0.4, -0.2) is 6.29 Å². The second-order valence-electron chi connectivity index (χ2n) is 4.28. The van der Waals surface area contributed by atoms with E-state index in [0.29, 0.717) is 5.75 Å². The molecule has 104 valence electrons. The third-order valence-corrected chi connectivity index (χ3v) is 2.68. The number of carbonyl (C=O) groups is 1. The van der Waals surface area contributed by atoms with Gasteiger partial charge in [-0.25, -0.2) is 0 Å². The summed E-state index contributed by atoms with van der Waals surface area (Å²) in [7, 11) is 0. The fourth-order valence-corrected chi connectivity index (χ4v) is 1.76. The van der Waals surface area contributed by atoms with Gasteiger partial charge in [-0.05, 0) is 42.8 Å². The number of rotatable bonds is 3. The van der Waals surface area contributed by atoms with Gasteiger partial charge >= 0.3 is 6.18 Å². The fourth-order valence-electron chi connectivity index (χ4n) is 1.76. The largest absolute Gasteiger partial charge is 0.457 e. The average molecular weight is 280 g/mol. The van der Waals surface area contributed by atoms with Gasteiger partial charge in [0.1, 0.15) is 11.5 Å². The normalized spacial score (nSPS) is 11.2. The van der Waals surface area contributed by atoms with E-state index in [0.717, 1.165) is 17.7 Å². The van der Waals surface area contributed by atoms with Crippen molar-refractivity contribution < 1.29 is 22.7 Å². The molecule has 20 heavy (non-hydrogen) atoms. The highest BCUT2D eigenvalue weighted by Gasteiger charge is 2.33. The minimum Gasteiger partial charge on any atom is -0.457 e. The molecule has 0 spiro atoms. The zero-order chi connectivity index (χ0) is 14.8. The van der Waals surface area contributed by atoms with Crippen molar-refractivity contribution in [1.82, 2.24) is 0 Å². The molecule has 0 heterocycles. The molecule has 0 N–H and O–H groups in total. The van der Waals surface area contributed by atoms with Crippen molar-refractivity contribution in [2.24, 2.45) is 0 Å². The van der Waals surface area contributed by atoms with Crippen LogP contribution in [0.3, 0.4) is 0 Å². The Labute approximate surface area is 113 Å². The quantitative estimate of drug-likeness (QED) is 0.767. The maximum atomic E-state index is 12.8. The number of benzene rings is 2. The lowest BCUT2D eigenvalue weighted by atomic mass is 10.1. The second-order valence-corrected chi connectivity index (χ2v) is 4.28. The van der Waals surface area contributed by atoms with E-state index in [-0.39, 0.29) is 12.0 Å². The second kappa shape index (κ2) is 5.36. The smallest absolute Gasteiger partial charge is 0.417 e. The van der Waals surface area contributed by atoms with E-state index in [1.54, 1.807) is 18.2 Å². The van der Waals surface area contributed by atoms with Crippen molar-refractivity contribution in [1.29, 1.82) is 0 Å².